The van der Waals surface area contributed by atoms with Crippen molar-refractivity contribution < 1.29 is 13.9 Å². The summed E-state index contributed by atoms with van der Waals surface area (Å²) in [6.45, 7) is 4.80. The summed E-state index contributed by atoms with van der Waals surface area (Å²) in [5.74, 6) is 3.35. The van der Waals surface area contributed by atoms with E-state index in [1.54, 1.807) is 0 Å². The first-order valence-corrected chi connectivity index (χ1v) is 10.2. The van der Waals surface area contributed by atoms with Crippen LogP contribution in [0.4, 0.5) is 0 Å². The largest absolute Gasteiger partial charge is 0.485 e. The van der Waals surface area contributed by atoms with Crippen LogP contribution in [0.5, 0.6) is 11.5 Å². The van der Waals surface area contributed by atoms with E-state index in [1.165, 1.54) is 11.8 Å². The number of fused-ring (bicyclic) bond motifs is 2. The fraction of sp³-hybridized carbons (Fsp3) is 0.190. The Morgan fingerprint density at radius 1 is 1.10 bits per heavy atom. The minimum atomic E-state index is -0.337. The lowest BCUT2D eigenvalue weighted by molar-refractivity contribution is 0.0821. The number of hydrogen-bond acceptors (Lipinski definition) is 7. The Hall–Kier alpha value is -3.26. The molecule has 8 heteroatoms. The van der Waals surface area contributed by atoms with E-state index < -0.39 is 0 Å². The highest BCUT2D eigenvalue weighted by Crippen LogP contribution is 2.36. The first-order valence-electron chi connectivity index (χ1n) is 9.21. The molecule has 3 heterocycles. The highest BCUT2D eigenvalue weighted by atomic mass is 32.2. The topological polar surface area (TPSA) is 75.2 Å². The van der Waals surface area contributed by atoms with E-state index >= 15 is 0 Å². The van der Waals surface area contributed by atoms with Crippen LogP contribution in [0.2, 0.25) is 0 Å². The van der Waals surface area contributed by atoms with Crippen molar-refractivity contribution in [2.45, 2.75) is 23.6 Å². The monoisotopic (exact) mass is 406 g/mol. The predicted molar refractivity (Wildman–Crippen MR) is 109 cm³/mol. The lowest BCUT2D eigenvalue weighted by Crippen LogP contribution is -2.25. The standard InChI is InChI=1S/C21H18N4O3S/c1-2-11-25-20(18-12-26-16-9-5-6-10-17(16)27-18)23-24-21(25)29-13-19-22-14-7-3-4-8-15(14)28-19/h2-10,18H,1,11-13H2. The maximum Gasteiger partial charge on any atom is 0.205 e. The molecule has 5 rings (SSSR count). The first-order chi connectivity index (χ1) is 14.3. The Bertz CT molecular complexity index is 1140. The number of ether oxygens (including phenoxy) is 2. The van der Waals surface area contributed by atoms with Crippen molar-refractivity contribution in [3.8, 4) is 11.5 Å². The molecule has 1 atom stereocenters. The van der Waals surface area contributed by atoms with Crippen LogP contribution in [-0.2, 0) is 12.3 Å². The van der Waals surface area contributed by atoms with Crippen molar-refractivity contribution in [3.63, 3.8) is 0 Å². The molecule has 0 radical (unpaired) electrons. The Morgan fingerprint density at radius 3 is 2.79 bits per heavy atom. The van der Waals surface area contributed by atoms with Crippen molar-refractivity contribution >= 4 is 22.9 Å². The summed E-state index contributed by atoms with van der Waals surface area (Å²) in [5, 5.41) is 9.49. The zero-order valence-electron chi connectivity index (χ0n) is 15.5. The van der Waals surface area contributed by atoms with Crippen LogP contribution in [-0.4, -0.2) is 26.4 Å². The molecule has 1 aliphatic rings. The molecule has 2 aromatic carbocycles. The summed E-state index contributed by atoms with van der Waals surface area (Å²) < 4.78 is 19.7. The third-order valence-electron chi connectivity index (χ3n) is 4.52. The summed E-state index contributed by atoms with van der Waals surface area (Å²) >= 11 is 1.51. The number of rotatable bonds is 6. The smallest absolute Gasteiger partial charge is 0.205 e. The number of nitrogens with zero attached hydrogens (tertiary/aromatic N) is 4. The molecule has 0 spiro atoms. The van der Waals surface area contributed by atoms with Gasteiger partial charge in [0.15, 0.2) is 34.2 Å². The van der Waals surface area contributed by atoms with Crippen LogP contribution in [0.15, 0.2) is 70.8 Å². The maximum absolute atomic E-state index is 6.10. The zero-order valence-corrected chi connectivity index (χ0v) is 16.3. The van der Waals surface area contributed by atoms with Crippen LogP contribution in [0.25, 0.3) is 11.1 Å². The zero-order chi connectivity index (χ0) is 19.6. The average molecular weight is 406 g/mol. The summed E-state index contributed by atoms with van der Waals surface area (Å²) in [6, 6.07) is 15.3. The molecule has 0 bridgehead atoms. The lowest BCUT2D eigenvalue weighted by atomic mass is 10.2. The number of thioether (sulfide) groups is 1. The third kappa shape index (κ3) is 3.47. The van der Waals surface area contributed by atoms with Crippen molar-refractivity contribution in [3.05, 3.63) is 72.9 Å². The lowest BCUT2D eigenvalue weighted by Gasteiger charge is -2.26. The van der Waals surface area contributed by atoms with Crippen molar-refractivity contribution in [1.82, 2.24) is 19.7 Å². The molecule has 0 N–H and O–H groups in total. The van der Waals surface area contributed by atoms with E-state index in [4.69, 9.17) is 13.9 Å². The van der Waals surface area contributed by atoms with E-state index in [9.17, 15) is 0 Å². The quantitative estimate of drug-likeness (QED) is 0.347. The van der Waals surface area contributed by atoms with Crippen molar-refractivity contribution in [2.75, 3.05) is 6.61 Å². The van der Waals surface area contributed by atoms with Crippen molar-refractivity contribution in [1.29, 1.82) is 0 Å². The molecule has 1 aliphatic heterocycles. The van der Waals surface area contributed by atoms with E-state index in [0.717, 1.165) is 22.0 Å². The molecule has 4 aromatic rings. The van der Waals surface area contributed by atoms with Gasteiger partial charge in [-0.15, -0.1) is 16.8 Å². The van der Waals surface area contributed by atoms with Crippen LogP contribution < -0.4 is 9.47 Å². The minimum Gasteiger partial charge on any atom is -0.485 e. The molecule has 29 heavy (non-hydrogen) atoms. The number of aromatic nitrogens is 4. The van der Waals surface area contributed by atoms with Gasteiger partial charge >= 0.3 is 0 Å². The number of benzene rings is 2. The van der Waals surface area contributed by atoms with E-state index in [2.05, 4.69) is 21.8 Å². The van der Waals surface area contributed by atoms with Gasteiger partial charge in [0.25, 0.3) is 0 Å². The second-order valence-electron chi connectivity index (χ2n) is 6.47. The molecule has 146 valence electrons. The number of oxazole rings is 1. The molecular weight excluding hydrogens is 388 g/mol. The van der Waals surface area contributed by atoms with Gasteiger partial charge in [0.05, 0.1) is 5.75 Å². The molecular formula is C21H18N4O3S. The average Bonchev–Trinajstić information content (AvgIpc) is 3.36. The Labute approximate surface area is 171 Å². The fourth-order valence-corrected chi connectivity index (χ4v) is 4.00. The van der Waals surface area contributed by atoms with Crippen molar-refractivity contribution in [2.24, 2.45) is 0 Å². The molecule has 0 amide bonds. The van der Waals surface area contributed by atoms with Gasteiger partial charge in [-0.2, -0.15) is 0 Å². The maximum atomic E-state index is 6.10. The van der Waals surface area contributed by atoms with Gasteiger partial charge in [-0.3, -0.25) is 4.57 Å². The molecule has 2 aromatic heterocycles. The highest BCUT2D eigenvalue weighted by molar-refractivity contribution is 7.98. The minimum absolute atomic E-state index is 0.337. The normalized spacial score (nSPS) is 15.5. The van der Waals surface area contributed by atoms with Gasteiger partial charge in [-0.1, -0.05) is 42.1 Å². The highest BCUT2D eigenvalue weighted by Gasteiger charge is 2.28. The van der Waals surface area contributed by atoms with Gasteiger partial charge in [-0.25, -0.2) is 4.98 Å². The summed E-state index contributed by atoms with van der Waals surface area (Å²) in [5.41, 5.74) is 1.63. The van der Waals surface area contributed by atoms with Crippen LogP contribution in [0.1, 0.15) is 17.8 Å². The predicted octanol–water partition coefficient (Wildman–Crippen LogP) is 4.41. The number of allylic oxidation sites excluding steroid dienone is 1. The molecule has 7 nitrogen and oxygen atoms in total. The third-order valence-corrected chi connectivity index (χ3v) is 5.47. The first kappa shape index (κ1) is 17.8. The van der Waals surface area contributed by atoms with Crippen LogP contribution in [0, 0.1) is 0 Å². The molecule has 0 saturated heterocycles. The second-order valence-corrected chi connectivity index (χ2v) is 7.41. The second kappa shape index (κ2) is 7.63. The van der Waals surface area contributed by atoms with Gasteiger partial charge in [0, 0.05) is 6.54 Å². The van der Waals surface area contributed by atoms with E-state index in [0.29, 0.717) is 36.4 Å². The Morgan fingerprint density at radius 2 is 1.93 bits per heavy atom. The van der Waals surface area contributed by atoms with E-state index in [1.807, 2.05) is 59.2 Å². The number of para-hydroxylation sites is 4. The van der Waals surface area contributed by atoms with Crippen LogP contribution in [0.3, 0.4) is 0 Å². The van der Waals surface area contributed by atoms with Gasteiger partial charge in [0.2, 0.25) is 5.89 Å². The summed E-state index contributed by atoms with van der Waals surface area (Å²) in [7, 11) is 0. The van der Waals surface area contributed by atoms with Crippen LogP contribution >= 0.6 is 11.8 Å². The fourth-order valence-electron chi connectivity index (χ4n) is 3.20. The van der Waals surface area contributed by atoms with Gasteiger partial charge in [0.1, 0.15) is 12.1 Å². The SMILES string of the molecule is C=CCn1c(SCc2nc3ccccc3o2)nnc1C1COc2ccccc2O1. The Balaban J connectivity index is 1.37. The van der Waals surface area contributed by atoms with Gasteiger partial charge < -0.3 is 13.9 Å². The molecule has 0 saturated carbocycles. The molecule has 1 unspecified atom stereocenters. The number of hydrogen-bond donors (Lipinski definition) is 0. The van der Waals surface area contributed by atoms with E-state index in [-0.39, 0.29) is 6.10 Å². The summed E-state index contributed by atoms with van der Waals surface area (Å²) in [6.07, 6.45) is 1.48. The molecule has 0 aliphatic carbocycles. The van der Waals surface area contributed by atoms with Gasteiger partial charge in [-0.05, 0) is 24.3 Å². The Kier molecular flexibility index (Phi) is 4.69. The summed E-state index contributed by atoms with van der Waals surface area (Å²) in [4.78, 5) is 4.52. The molecule has 0 fully saturated rings.